The van der Waals surface area contributed by atoms with Gasteiger partial charge >= 0.3 is 0 Å². The van der Waals surface area contributed by atoms with Crippen LogP contribution in [0.2, 0.25) is 5.15 Å². The van der Waals surface area contributed by atoms with E-state index < -0.39 is 0 Å². The molecule has 58 heavy (non-hydrogen) atoms. The second-order valence-electron chi connectivity index (χ2n) is 11.7. The van der Waals surface area contributed by atoms with E-state index in [1.54, 1.807) is 12.1 Å². The number of aliphatic hydroxyl groups is 3. The molecule has 0 aliphatic carbocycles. The van der Waals surface area contributed by atoms with Gasteiger partial charge in [0.15, 0.2) is 0 Å². The number of benzene rings is 4. The third-order valence-corrected chi connectivity index (χ3v) is 8.21. The summed E-state index contributed by atoms with van der Waals surface area (Å²) < 4.78 is 5.85. The Labute approximate surface area is 343 Å². The highest BCUT2D eigenvalue weighted by Crippen LogP contribution is 2.37. The van der Waals surface area contributed by atoms with Crippen LogP contribution in [0.25, 0.3) is 22.3 Å². The number of aliphatic hydroxyl groups excluding tert-OH is 3. The summed E-state index contributed by atoms with van der Waals surface area (Å²) in [6.45, 7) is 0.610. The summed E-state index contributed by atoms with van der Waals surface area (Å²) >= 11 is 6.05. The summed E-state index contributed by atoms with van der Waals surface area (Å²) in [4.78, 5) is 8.40. The molecule has 0 fully saturated rings. The Bertz CT molecular complexity index is 2380. The first-order valence-electron chi connectivity index (χ1n) is 17.5. The van der Waals surface area contributed by atoms with E-state index in [0.717, 1.165) is 16.7 Å². The molecule has 4 aromatic carbocycles. The second kappa shape index (κ2) is 24.3. The Kier molecular flexibility index (Phi) is 18.9. The van der Waals surface area contributed by atoms with Crippen LogP contribution in [0.4, 0.5) is 11.6 Å². The van der Waals surface area contributed by atoms with E-state index in [-0.39, 0.29) is 91.9 Å². The molecule has 0 spiro atoms. The molecule has 0 unspecified atom stereocenters. The largest absolute Gasteiger partial charge is 0.472 e. The number of nitrogens with one attached hydrogen (secondary N) is 2. The number of ether oxygens (including phenoxy) is 1. The number of nitriles is 4. The van der Waals surface area contributed by atoms with Gasteiger partial charge in [0.05, 0.1) is 25.4 Å². The minimum absolute atomic E-state index is 0. The lowest BCUT2D eigenvalue weighted by Crippen LogP contribution is -2.12. The Hall–Kier alpha value is -7.29. The topological polar surface area (TPSA) is 215 Å². The van der Waals surface area contributed by atoms with Crippen molar-refractivity contribution in [2.45, 2.75) is 20.6 Å². The van der Waals surface area contributed by atoms with E-state index in [2.05, 4.69) is 38.8 Å². The van der Waals surface area contributed by atoms with Gasteiger partial charge in [-0.05, 0) is 22.3 Å². The maximum atomic E-state index is 9.80. The fourth-order valence-corrected chi connectivity index (χ4v) is 5.57. The maximum absolute atomic E-state index is 9.80. The molecule has 13 heteroatoms. The highest BCUT2D eigenvalue weighted by atomic mass is 35.5. The van der Waals surface area contributed by atoms with Gasteiger partial charge in [0.2, 0.25) is 5.88 Å². The molecule has 0 aliphatic rings. The number of halogens is 1. The van der Waals surface area contributed by atoms with E-state index in [1.165, 1.54) is 0 Å². The first kappa shape index (κ1) is 45.1. The molecule has 0 bridgehead atoms. The van der Waals surface area contributed by atoms with Crippen molar-refractivity contribution in [3.63, 3.8) is 0 Å². The molecule has 0 atom stereocenters. The summed E-state index contributed by atoms with van der Waals surface area (Å²) in [5.74, 6) is 0.677. The average Bonchev–Trinajstić information content (AvgIpc) is 3.27. The summed E-state index contributed by atoms with van der Waals surface area (Å²) in [7, 11) is 0. The van der Waals surface area contributed by atoms with Crippen molar-refractivity contribution >= 4 is 23.2 Å². The van der Waals surface area contributed by atoms with Gasteiger partial charge in [-0.15, -0.1) is 0 Å². The van der Waals surface area contributed by atoms with Crippen LogP contribution in [0, 0.1) is 45.3 Å². The molecular weight excluding hydrogens is 752 g/mol. The van der Waals surface area contributed by atoms with Crippen LogP contribution in [-0.2, 0) is 13.2 Å². The van der Waals surface area contributed by atoms with Gasteiger partial charge in [-0.1, -0.05) is 140 Å². The molecule has 2 heterocycles. The van der Waals surface area contributed by atoms with E-state index in [9.17, 15) is 21.0 Å². The van der Waals surface area contributed by atoms with Gasteiger partial charge in [0.1, 0.15) is 64.4 Å². The molecule has 12 nitrogen and oxygen atoms in total. The lowest BCUT2D eigenvalue weighted by atomic mass is 9.96. The van der Waals surface area contributed by atoms with Gasteiger partial charge in [0, 0.05) is 24.2 Å². The van der Waals surface area contributed by atoms with Gasteiger partial charge in [-0.2, -0.15) is 26.0 Å². The van der Waals surface area contributed by atoms with Crippen molar-refractivity contribution in [2.75, 3.05) is 36.9 Å². The predicted octanol–water partition coefficient (Wildman–Crippen LogP) is 7.84. The first-order chi connectivity index (χ1) is 27.9. The van der Waals surface area contributed by atoms with Gasteiger partial charge in [0.25, 0.3) is 0 Å². The molecular formula is C45H41ClN8O4. The van der Waals surface area contributed by atoms with Crippen LogP contribution in [0.5, 0.6) is 5.88 Å². The zero-order valence-corrected chi connectivity index (χ0v) is 31.4. The Morgan fingerprint density at radius 1 is 0.534 bits per heavy atom. The number of nitrogens with zero attached hydrogens (tertiary/aromatic N) is 6. The monoisotopic (exact) mass is 792 g/mol. The lowest BCUT2D eigenvalue weighted by Gasteiger charge is -2.16. The minimum Gasteiger partial charge on any atom is -0.472 e. The molecule has 5 N–H and O–H groups in total. The van der Waals surface area contributed by atoms with E-state index >= 15 is 0 Å². The molecule has 0 radical (unpaired) electrons. The minimum atomic E-state index is -0.118. The third kappa shape index (κ3) is 12.1. The van der Waals surface area contributed by atoms with E-state index in [0.29, 0.717) is 16.7 Å². The normalized spacial score (nSPS) is 9.59. The van der Waals surface area contributed by atoms with Crippen LogP contribution in [0.3, 0.4) is 0 Å². The quantitative estimate of drug-likeness (QED) is 0.0750. The maximum Gasteiger partial charge on any atom is 0.234 e. The lowest BCUT2D eigenvalue weighted by molar-refractivity contribution is 0.282. The van der Waals surface area contributed by atoms with Crippen molar-refractivity contribution in [1.29, 1.82) is 21.0 Å². The third-order valence-electron chi connectivity index (χ3n) is 7.94. The molecule has 6 rings (SSSR count). The van der Waals surface area contributed by atoms with Crippen LogP contribution in [-0.4, -0.2) is 51.6 Å². The van der Waals surface area contributed by atoms with E-state index in [1.807, 2.05) is 115 Å². The number of aromatic nitrogens is 2. The highest BCUT2D eigenvalue weighted by Gasteiger charge is 2.23. The fourth-order valence-electron chi connectivity index (χ4n) is 5.35. The van der Waals surface area contributed by atoms with Crippen molar-refractivity contribution in [3.8, 4) is 52.4 Å². The number of anilines is 2. The molecule has 2 aromatic heterocycles. The van der Waals surface area contributed by atoms with Crippen molar-refractivity contribution < 1.29 is 20.1 Å². The molecule has 0 amide bonds. The van der Waals surface area contributed by atoms with Crippen molar-refractivity contribution in [1.82, 2.24) is 9.97 Å². The molecule has 292 valence electrons. The molecule has 0 aliphatic heterocycles. The van der Waals surface area contributed by atoms with E-state index in [4.69, 9.17) is 31.7 Å². The fraction of sp³-hybridized carbons (Fsp3) is 0.156. The standard InChI is InChI=1S/C22H18N4O2.C15H11ClN4O.C7H8O.CH4/c23-13-18-20(17-9-5-2-6-10-17)19(14-24)22(26-21(18)25-11-12-27)28-15-16-7-3-1-4-8-16;16-14-11(8-17)13(10-4-2-1-3-5-10)12(9-18)15(20-14)19-6-7-21;8-6-7-4-2-1-3-5-7;/h1-10,27H,11-12,15H2,(H,25,26);1-5,21H,6-7H2,(H,19,20);1-5,8H,6H2;1H4. The van der Waals surface area contributed by atoms with Gasteiger partial charge in [-0.3, -0.25) is 0 Å². The van der Waals surface area contributed by atoms with Crippen molar-refractivity contribution in [3.05, 3.63) is 160 Å². The first-order valence-corrected chi connectivity index (χ1v) is 17.9. The van der Waals surface area contributed by atoms with Crippen LogP contribution in [0.15, 0.2) is 121 Å². The van der Waals surface area contributed by atoms with Crippen LogP contribution >= 0.6 is 11.6 Å². The van der Waals surface area contributed by atoms with Crippen molar-refractivity contribution in [2.24, 2.45) is 0 Å². The van der Waals surface area contributed by atoms with Gasteiger partial charge < -0.3 is 30.7 Å². The number of hydrogen-bond donors (Lipinski definition) is 5. The summed E-state index contributed by atoms with van der Waals surface area (Å²) in [5, 5.41) is 70.6. The number of pyridine rings is 2. The zero-order chi connectivity index (χ0) is 40.8. The number of rotatable bonds is 12. The molecule has 6 aromatic rings. The summed E-state index contributed by atoms with van der Waals surface area (Å²) in [6, 6.07) is 45.6. The predicted molar refractivity (Wildman–Crippen MR) is 224 cm³/mol. The second-order valence-corrected chi connectivity index (χ2v) is 12.0. The Morgan fingerprint density at radius 3 is 1.33 bits per heavy atom. The SMILES string of the molecule is C.N#Cc1c(Cl)nc(NCCO)c(C#N)c1-c1ccccc1.N#Cc1c(NCCO)nc(OCc2ccccc2)c(C#N)c1-c1ccccc1.OCc1ccccc1. The van der Waals surface area contributed by atoms with Gasteiger partial charge in [-0.25, -0.2) is 4.98 Å². The number of hydrogen-bond acceptors (Lipinski definition) is 12. The smallest absolute Gasteiger partial charge is 0.234 e. The summed E-state index contributed by atoms with van der Waals surface area (Å²) in [6.07, 6.45) is 0. The molecule has 0 saturated carbocycles. The summed E-state index contributed by atoms with van der Waals surface area (Å²) in [5.41, 5.74) is 5.07. The van der Waals surface area contributed by atoms with Crippen LogP contribution < -0.4 is 15.4 Å². The Morgan fingerprint density at radius 2 is 0.931 bits per heavy atom. The highest BCUT2D eigenvalue weighted by molar-refractivity contribution is 6.31. The molecule has 0 saturated heterocycles. The van der Waals surface area contributed by atoms with Crippen LogP contribution in [0.1, 0.15) is 40.8 Å². The Balaban J connectivity index is 0.000000263. The zero-order valence-electron chi connectivity index (χ0n) is 30.6. The average molecular weight is 793 g/mol.